The second-order valence-corrected chi connectivity index (χ2v) is 5.29. The molecule has 1 unspecified atom stereocenters. The first-order valence-electron chi connectivity index (χ1n) is 5.09. The molecule has 0 bridgehead atoms. The number of halogens is 2. The van der Waals surface area contributed by atoms with Gasteiger partial charge in [-0.05, 0) is 24.6 Å². The fourth-order valence-electron chi connectivity index (χ4n) is 1.30. The molecule has 0 aromatic heterocycles. The summed E-state index contributed by atoms with van der Waals surface area (Å²) >= 11 is 0. The third-order valence-electron chi connectivity index (χ3n) is 2.18. The molecule has 0 heterocycles. The van der Waals surface area contributed by atoms with E-state index >= 15 is 0 Å². The molecule has 2 N–H and O–H groups in total. The molecule has 8 heteroatoms. The van der Waals surface area contributed by atoms with E-state index in [1.165, 1.54) is 6.08 Å². The molecule has 0 radical (unpaired) electrons. The van der Waals surface area contributed by atoms with Crippen molar-refractivity contribution in [3.05, 3.63) is 42.5 Å². The normalized spacial score (nSPS) is 12.9. The third kappa shape index (κ3) is 3.83. The Bertz CT molecular complexity index is 601. The van der Waals surface area contributed by atoms with E-state index in [9.17, 15) is 22.0 Å². The van der Waals surface area contributed by atoms with E-state index in [0.717, 1.165) is 6.07 Å². The van der Waals surface area contributed by atoms with Gasteiger partial charge in [0.05, 0.1) is 0 Å². The number of nitrogens with one attached hydrogen (secondary N) is 1. The Morgan fingerprint density at radius 2 is 2.11 bits per heavy atom. The van der Waals surface area contributed by atoms with Gasteiger partial charge in [-0.3, -0.25) is 4.79 Å². The Hall–Kier alpha value is -1.80. The maximum atomic E-state index is 13.3. The Labute approximate surface area is 108 Å². The van der Waals surface area contributed by atoms with E-state index in [4.69, 9.17) is 5.11 Å². The molecule has 0 saturated heterocycles. The van der Waals surface area contributed by atoms with Crippen LogP contribution < -0.4 is 4.72 Å². The lowest BCUT2D eigenvalue weighted by molar-refractivity contribution is -0.138. The van der Waals surface area contributed by atoms with Gasteiger partial charge in [-0.25, -0.2) is 17.2 Å². The van der Waals surface area contributed by atoms with Gasteiger partial charge in [0.25, 0.3) is 0 Å². The van der Waals surface area contributed by atoms with Crippen LogP contribution in [0.15, 0.2) is 35.7 Å². The van der Waals surface area contributed by atoms with Crippen LogP contribution in [0.5, 0.6) is 0 Å². The SMILES string of the molecule is C=CCC(NS(=O)(=O)c1cc(F)ccc1F)C(=O)O. The molecule has 1 aromatic rings. The molecule has 5 nitrogen and oxygen atoms in total. The molecule has 0 fully saturated rings. The highest BCUT2D eigenvalue weighted by atomic mass is 32.2. The standard InChI is InChI=1S/C11H11F2NO4S/c1-2-3-9(11(15)16)14-19(17,18)10-6-7(12)4-5-8(10)13/h2,4-6,9,14H,1,3H2,(H,15,16). The molecule has 0 spiro atoms. The molecule has 1 rings (SSSR count). The summed E-state index contributed by atoms with van der Waals surface area (Å²) in [6, 6.07) is 0.384. The highest BCUT2D eigenvalue weighted by Gasteiger charge is 2.26. The van der Waals surface area contributed by atoms with Gasteiger partial charge in [-0.15, -0.1) is 6.58 Å². The van der Waals surface area contributed by atoms with Crippen LogP contribution in [-0.4, -0.2) is 25.5 Å². The quantitative estimate of drug-likeness (QED) is 0.773. The molecule has 0 saturated carbocycles. The first-order chi connectivity index (χ1) is 8.77. The van der Waals surface area contributed by atoms with Crippen LogP contribution in [0.4, 0.5) is 8.78 Å². The molecule has 0 aliphatic rings. The van der Waals surface area contributed by atoms with E-state index in [1.54, 1.807) is 4.72 Å². The number of hydrogen-bond donors (Lipinski definition) is 2. The van der Waals surface area contributed by atoms with Gasteiger partial charge in [0.15, 0.2) is 0 Å². The van der Waals surface area contributed by atoms with Crippen molar-refractivity contribution in [1.82, 2.24) is 4.72 Å². The number of carboxylic acid groups (broad SMARTS) is 1. The van der Waals surface area contributed by atoms with Crippen LogP contribution in [0.2, 0.25) is 0 Å². The fraction of sp³-hybridized carbons (Fsp3) is 0.182. The minimum atomic E-state index is -4.47. The molecule has 19 heavy (non-hydrogen) atoms. The van der Waals surface area contributed by atoms with Crippen LogP contribution in [0.1, 0.15) is 6.42 Å². The summed E-state index contributed by atoms with van der Waals surface area (Å²) in [6.45, 7) is 3.29. The lowest BCUT2D eigenvalue weighted by Crippen LogP contribution is -2.40. The van der Waals surface area contributed by atoms with Crippen molar-refractivity contribution in [1.29, 1.82) is 0 Å². The average Bonchev–Trinajstić information content (AvgIpc) is 2.31. The highest BCUT2D eigenvalue weighted by Crippen LogP contribution is 2.16. The number of rotatable bonds is 6. The van der Waals surface area contributed by atoms with Gasteiger partial charge in [0.2, 0.25) is 10.0 Å². The molecule has 0 aliphatic heterocycles. The number of carboxylic acids is 1. The van der Waals surface area contributed by atoms with Gasteiger partial charge in [-0.2, -0.15) is 4.72 Å². The Kier molecular flexibility index (Phi) is 4.73. The van der Waals surface area contributed by atoms with Crippen molar-refractivity contribution in [2.75, 3.05) is 0 Å². The van der Waals surface area contributed by atoms with Crippen molar-refractivity contribution in [2.45, 2.75) is 17.4 Å². The van der Waals surface area contributed by atoms with Crippen molar-refractivity contribution >= 4 is 16.0 Å². The molecule has 1 atom stereocenters. The van der Waals surface area contributed by atoms with E-state index in [1.807, 2.05) is 0 Å². The largest absolute Gasteiger partial charge is 0.480 e. The Balaban J connectivity index is 3.13. The molecule has 1 aromatic carbocycles. The van der Waals surface area contributed by atoms with Gasteiger partial charge in [0, 0.05) is 0 Å². The van der Waals surface area contributed by atoms with Gasteiger partial charge in [0.1, 0.15) is 22.6 Å². The minimum absolute atomic E-state index is 0.189. The summed E-state index contributed by atoms with van der Waals surface area (Å²) in [5.74, 6) is -3.56. The topological polar surface area (TPSA) is 83.5 Å². The number of sulfonamides is 1. The number of carbonyl (C=O) groups is 1. The predicted octanol–water partition coefficient (Wildman–Crippen LogP) is 1.27. The van der Waals surface area contributed by atoms with E-state index in [0.29, 0.717) is 12.1 Å². The second kappa shape index (κ2) is 5.89. The number of benzene rings is 1. The molecule has 104 valence electrons. The number of hydrogen-bond acceptors (Lipinski definition) is 3. The van der Waals surface area contributed by atoms with Crippen LogP contribution in [-0.2, 0) is 14.8 Å². The summed E-state index contributed by atoms with van der Waals surface area (Å²) in [7, 11) is -4.47. The van der Waals surface area contributed by atoms with Crippen LogP contribution in [0.25, 0.3) is 0 Å². The Morgan fingerprint density at radius 3 is 2.63 bits per heavy atom. The summed E-state index contributed by atoms with van der Waals surface area (Å²) in [4.78, 5) is 9.87. The van der Waals surface area contributed by atoms with E-state index in [-0.39, 0.29) is 6.42 Å². The zero-order chi connectivity index (χ0) is 14.6. The first-order valence-corrected chi connectivity index (χ1v) is 6.57. The second-order valence-electron chi connectivity index (χ2n) is 3.61. The summed E-state index contributed by atoms with van der Waals surface area (Å²) < 4.78 is 51.6. The summed E-state index contributed by atoms with van der Waals surface area (Å²) in [6.07, 6.45) is 1.01. The molecular formula is C11H11F2NO4S. The smallest absolute Gasteiger partial charge is 0.322 e. The Morgan fingerprint density at radius 1 is 1.47 bits per heavy atom. The van der Waals surface area contributed by atoms with Gasteiger partial charge < -0.3 is 5.11 Å². The highest BCUT2D eigenvalue weighted by molar-refractivity contribution is 7.89. The summed E-state index contributed by atoms with van der Waals surface area (Å²) in [5.41, 5.74) is 0. The minimum Gasteiger partial charge on any atom is -0.480 e. The molecular weight excluding hydrogens is 280 g/mol. The van der Waals surface area contributed by atoms with Crippen molar-refractivity contribution in [3.8, 4) is 0 Å². The average molecular weight is 291 g/mol. The maximum absolute atomic E-state index is 13.3. The predicted molar refractivity (Wildman–Crippen MR) is 62.9 cm³/mol. The van der Waals surface area contributed by atoms with Gasteiger partial charge in [-0.1, -0.05) is 6.08 Å². The van der Waals surface area contributed by atoms with Crippen LogP contribution >= 0.6 is 0 Å². The van der Waals surface area contributed by atoms with Crippen LogP contribution in [0, 0.1) is 11.6 Å². The van der Waals surface area contributed by atoms with Crippen molar-refractivity contribution in [2.24, 2.45) is 0 Å². The lowest BCUT2D eigenvalue weighted by Gasteiger charge is -2.13. The zero-order valence-corrected chi connectivity index (χ0v) is 10.5. The first kappa shape index (κ1) is 15.3. The maximum Gasteiger partial charge on any atom is 0.322 e. The zero-order valence-electron chi connectivity index (χ0n) is 9.64. The third-order valence-corrected chi connectivity index (χ3v) is 3.67. The monoisotopic (exact) mass is 291 g/mol. The van der Waals surface area contributed by atoms with Gasteiger partial charge >= 0.3 is 5.97 Å². The van der Waals surface area contributed by atoms with Crippen molar-refractivity contribution < 1.29 is 27.1 Å². The fourth-order valence-corrected chi connectivity index (χ4v) is 2.59. The van der Waals surface area contributed by atoms with Crippen molar-refractivity contribution in [3.63, 3.8) is 0 Å². The number of aliphatic carboxylic acids is 1. The van der Waals surface area contributed by atoms with E-state index in [2.05, 4.69) is 6.58 Å². The molecule has 0 amide bonds. The van der Waals surface area contributed by atoms with E-state index < -0.39 is 38.6 Å². The summed E-state index contributed by atoms with van der Waals surface area (Å²) in [5, 5.41) is 8.80. The lowest BCUT2D eigenvalue weighted by atomic mass is 10.2. The molecule has 0 aliphatic carbocycles. The van der Waals surface area contributed by atoms with Crippen LogP contribution in [0.3, 0.4) is 0 Å².